The average Bonchev–Trinajstić information content (AvgIpc) is 2.76. The summed E-state index contributed by atoms with van der Waals surface area (Å²) in [4.78, 5) is 4.41. The maximum atomic E-state index is 10.3. The summed E-state index contributed by atoms with van der Waals surface area (Å²) in [6, 6.07) is 10.4. The number of fused-ring (bicyclic) bond motifs is 3. The molecule has 3 aromatic rings. The Hall–Kier alpha value is -2.13. The summed E-state index contributed by atoms with van der Waals surface area (Å²) in [5, 5.41) is 12.7. The molecule has 1 aromatic carbocycles. The van der Waals surface area contributed by atoms with Gasteiger partial charge in [-0.1, -0.05) is 30.4 Å². The molecule has 1 aliphatic heterocycles. The van der Waals surface area contributed by atoms with E-state index in [9.17, 15) is 5.11 Å². The van der Waals surface area contributed by atoms with E-state index in [0.29, 0.717) is 6.42 Å². The first-order chi connectivity index (χ1) is 9.36. The van der Waals surface area contributed by atoms with Crippen LogP contribution in [-0.2, 0) is 6.54 Å². The highest BCUT2D eigenvalue weighted by atomic mass is 16.3. The van der Waals surface area contributed by atoms with Crippen LogP contribution in [0.3, 0.4) is 0 Å². The lowest BCUT2D eigenvalue weighted by Gasteiger charge is -2.14. The van der Waals surface area contributed by atoms with Gasteiger partial charge >= 0.3 is 0 Å². The van der Waals surface area contributed by atoms with Gasteiger partial charge in [-0.2, -0.15) is 0 Å². The molecule has 3 heterocycles. The number of allylic oxidation sites excluding steroid dienone is 1. The van der Waals surface area contributed by atoms with Crippen LogP contribution in [0.1, 0.15) is 18.2 Å². The summed E-state index contributed by atoms with van der Waals surface area (Å²) >= 11 is 0. The molecule has 0 saturated heterocycles. The Morgan fingerprint density at radius 3 is 2.95 bits per heavy atom. The van der Waals surface area contributed by atoms with Crippen molar-refractivity contribution in [3.05, 3.63) is 54.4 Å². The fourth-order valence-electron chi connectivity index (χ4n) is 2.98. The van der Waals surface area contributed by atoms with Gasteiger partial charge < -0.3 is 9.67 Å². The first kappa shape index (κ1) is 10.8. The third kappa shape index (κ3) is 1.45. The molecular weight excluding hydrogens is 236 g/mol. The van der Waals surface area contributed by atoms with Crippen molar-refractivity contribution in [3.63, 3.8) is 0 Å². The van der Waals surface area contributed by atoms with Crippen LogP contribution < -0.4 is 0 Å². The number of hydrogen-bond donors (Lipinski definition) is 1. The molecule has 3 heteroatoms. The second-order valence-electron chi connectivity index (χ2n) is 4.94. The molecule has 0 saturated carbocycles. The van der Waals surface area contributed by atoms with Gasteiger partial charge in [0.15, 0.2) is 0 Å². The summed E-state index contributed by atoms with van der Waals surface area (Å²) in [5.41, 5.74) is 3.06. The Morgan fingerprint density at radius 2 is 2.00 bits per heavy atom. The topological polar surface area (TPSA) is 38.0 Å². The van der Waals surface area contributed by atoms with Crippen molar-refractivity contribution >= 4 is 21.8 Å². The Labute approximate surface area is 110 Å². The zero-order valence-corrected chi connectivity index (χ0v) is 10.5. The Balaban J connectivity index is 2.24. The van der Waals surface area contributed by atoms with E-state index in [0.717, 1.165) is 17.8 Å². The maximum Gasteiger partial charge on any atom is 0.101 e. The first-order valence-corrected chi connectivity index (χ1v) is 6.55. The molecule has 0 amide bonds. The molecule has 0 spiro atoms. The first-order valence-electron chi connectivity index (χ1n) is 6.55. The molecule has 0 fully saturated rings. The molecule has 4 rings (SSSR count). The second-order valence-corrected chi connectivity index (χ2v) is 4.94. The standard InChI is InChI=1S/C16H14N2O/c19-14-7-3-4-10-18-13-6-2-1-5-11(13)12-8-9-17-15(14)16(12)18/h1-6,8-9,14,19H,7,10H2/b4-3-. The van der Waals surface area contributed by atoms with Crippen molar-refractivity contribution in [1.29, 1.82) is 0 Å². The zero-order chi connectivity index (χ0) is 12.8. The number of aromatic nitrogens is 2. The molecule has 19 heavy (non-hydrogen) atoms. The lowest BCUT2D eigenvalue weighted by molar-refractivity contribution is 0.177. The predicted molar refractivity (Wildman–Crippen MR) is 76.0 cm³/mol. The molecule has 2 aromatic heterocycles. The second kappa shape index (κ2) is 3.93. The van der Waals surface area contributed by atoms with Crippen LogP contribution in [0.5, 0.6) is 0 Å². The number of rotatable bonds is 0. The number of aliphatic hydroxyl groups is 1. The average molecular weight is 250 g/mol. The number of hydrogen-bond acceptors (Lipinski definition) is 2. The molecule has 1 unspecified atom stereocenters. The van der Waals surface area contributed by atoms with Crippen molar-refractivity contribution in [2.45, 2.75) is 19.1 Å². The lowest BCUT2D eigenvalue weighted by Crippen LogP contribution is -2.06. The Bertz CT molecular complexity index is 801. The van der Waals surface area contributed by atoms with Gasteiger partial charge in [0.1, 0.15) is 6.10 Å². The van der Waals surface area contributed by atoms with Gasteiger partial charge in [-0.3, -0.25) is 4.98 Å². The van der Waals surface area contributed by atoms with E-state index >= 15 is 0 Å². The normalized spacial score (nSPS) is 20.4. The van der Waals surface area contributed by atoms with Crippen molar-refractivity contribution in [2.24, 2.45) is 0 Å². The van der Waals surface area contributed by atoms with Crippen molar-refractivity contribution in [3.8, 4) is 0 Å². The molecule has 0 aliphatic carbocycles. The zero-order valence-electron chi connectivity index (χ0n) is 10.5. The van der Waals surface area contributed by atoms with Gasteiger partial charge in [0, 0.05) is 29.0 Å². The third-order valence-electron chi connectivity index (χ3n) is 3.84. The number of para-hydroxylation sites is 1. The van der Waals surface area contributed by atoms with Crippen LogP contribution in [0.15, 0.2) is 48.7 Å². The minimum Gasteiger partial charge on any atom is -0.386 e. The summed E-state index contributed by atoms with van der Waals surface area (Å²) in [5.74, 6) is 0. The highest BCUT2D eigenvalue weighted by Gasteiger charge is 2.19. The molecular formula is C16H14N2O. The Morgan fingerprint density at radius 1 is 1.11 bits per heavy atom. The van der Waals surface area contributed by atoms with E-state index in [1.54, 1.807) is 6.20 Å². The lowest BCUT2D eigenvalue weighted by atomic mass is 10.1. The number of benzene rings is 1. The van der Waals surface area contributed by atoms with Crippen molar-refractivity contribution in [2.75, 3.05) is 0 Å². The highest BCUT2D eigenvalue weighted by Crippen LogP contribution is 2.34. The van der Waals surface area contributed by atoms with E-state index < -0.39 is 6.10 Å². The van der Waals surface area contributed by atoms with Crippen LogP contribution in [0, 0.1) is 0 Å². The maximum absolute atomic E-state index is 10.3. The summed E-state index contributed by atoms with van der Waals surface area (Å²) < 4.78 is 2.24. The van der Waals surface area contributed by atoms with Crippen molar-refractivity contribution in [1.82, 2.24) is 9.55 Å². The quantitative estimate of drug-likeness (QED) is 0.622. The summed E-state index contributed by atoms with van der Waals surface area (Å²) in [7, 11) is 0. The van der Waals surface area contributed by atoms with Gasteiger partial charge in [-0.05, 0) is 18.6 Å². The van der Waals surface area contributed by atoms with Crippen LogP contribution in [-0.4, -0.2) is 14.7 Å². The van der Waals surface area contributed by atoms with Crippen LogP contribution >= 0.6 is 0 Å². The smallest absolute Gasteiger partial charge is 0.101 e. The fourth-order valence-corrected chi connectivity index (χ4v) is 2.98. The van der Waals surface area contributed by atoms with E-state index in [1.165, 1.54) is 16.3 Å². The van der Waals surface area contributed by atoms with Gasteiger partial charge in [-0.15, -0.1) is 0 Å². The van der Waals surface area contributed by atoms with Crippen LogP contribution in [0.2, 0.25) is 0 Å². The summed E-state index contributed by atoms with van der Waals surface area (Å²) in [6.45, 7) is 0.829. The largest absolute Gasteiger partial charge is 0.386 e. The Kier molecular flexibility index (Phi) is 2.23. The molecule has 0 bridgehead atoms. The number of aliphatic hydroxyl groups excluding tert-OH is 1. The van der Waals surface area contributed by atoms with Gasteiger partial charge in [-0.25, -0.2) is 0 Å². The van der Waals surface area contributed by atoms with Crippen LogP contribution in [0.4, 0.5) is 0 Å². The van der Waals surface area contributed by atoms with E-state index in [4.69, 9.17) is 0 Å². The number of pyridine rings is 1. The summed E-state index contributed by atoms with van der Waals surface area (Å²) in [6.07, 6.45) is 6.05. The van der Waals surface area contributed by atoms with Gasteiger partial charge in [0.05, 0.1) is 11.2 Å². The number of nitrogens with zero attached hydrogens (tertiary/aromatic N) is 2. The molecule has 0 radical (unpaired) electrons. The van der Waals surface area contributed by atoms with Crippen LogP contribution in [0.25, 0.3) is 21.8 Å². The van der Waals surface area contributed by atoms with Gasteiger partial charge in [0.2, 0.25) is 0 Å². The minimum absolute atomic E-state index is 0.525. The molecule has 3 nitrogen and oxygen atoms in total. The molecule has 94 valence electrons. The molecule has 1 atom stereocenters. The molecule has 1 aliphatic rings. The third-order valence-corrected chi connectivity index (χ3v) is 3.84. The van der Waals surface area contributed by atoms with E-state index in [1.807, 2.05) is 12.1 Å². The SMILES string of the molecule is OC1C/C=C\Cn2c3ccccc3c3ccnc1c32. The minimum atomic E-state index is -0.525. The fraction of sp³-hybridized carbons (Fsp3) is 0.188. The highest BCUT2D eigenvalue weighted by molar-refractivity contribution is 6.08. The van der Waals surface area contributed by atoms with E-state index in [-0.39, 0.29) is 0 Å². The van der Waals surface area contributed by atoms with Gasteiger partial charge in [0.25, 0.3) is 0 Å². The van der Waals surface area contributed by atoms with E-state index in [2.05, 4.69) is 39.9 Å². The van der Waals surface area contributed by atoms with Crippen molar-refractivity contribution < 1.29 is 5.11 Å². The predicted octanol–water partition coefficient (Wildman–Crippen LogP) is 3.18. The molecule has 1 N–H and O–H groups in total. The monoisotopic (exact) mass is 250 g/mol.